The van der Waals surface area contributed by atoms with E-state index in [1.807, 2.05) is 6.92 Å². The highest BCUT2D eigenvalue weighted by Gasteiger charge is 2.40. The average molecular weight is 274 g/mol. The molecule has 2 nitrogen and oxygen atoms in total. The molecule has 0 bridgehead atoms. The highest BCUT2D eigenvalue weighted by atomic mass is 19.4. The molecule has 0 N–H and O–H groups in total. The number of unbranched alkanes of at least 4 members (excludes halogenated alkanes) is 4. The molecule has 0 aromatic carbocycles. The maximum Gasteiger partial charge on any atom is 0.446 e. The summed E-state index contributed by atoms with van der Waals surface area (Å²) in [5.41, 5.74) is 0. The molecule has 0 aromatic heterocycles. The van der Waals surface area contributed by atoms with Crippen LogP contribution in [0, 0.1) is 0 Å². The fraction of sp³-hybridized carbons (Fsp3) is 0.727. The molecule has 0 radical (unpaired) electrons. The molecular weight excluding hydrogens is 259 g/mol. The second kappa shape index (κ2) is 8.05. The molecule has 0 aliphatic carbocycles. The van der Waals surface area contributed by atoms with Crippen molar-refractivity contribution in [2.24, 2.45) is 0 Å². The van der Waals surface area contributed by atoms with Crippen molar-refractivity contribution in [2.45, 2.75) is 45.2 Å². The SMILES string of the molecule is CCCCCCCOC(=O)C(F)=C(F)C(F)(F)F. The molecule has 0 rings (SSSR count). The van der Waals surface area contributed by atoms with Crippen molar-refractivity contribution in [3.63, 3.8) is 0 Å². The van der Waals surface area contributed by atoms with Crippen LogP contribution in [0.15, 0.2) is 11.7 Å². The van der Waals surface area contributed by atoms with Gasteiger partial charge in [0.2, 0.25) is 11.7 Å². The molecule has 0 amide bonds. The zero-order valence-electron chi connectivity index (χ0n) is 9.95. The fourth-order valence-electron chi connectivity index (χ4n) is 1.15. The summed E-state index contributed by atoms with van der Waals surface area (Å²) in [5, 5.41) is 0. The van der Waals surface area contributed by atoms with Crippen molar-refractivity contribution in [1.29, 1.82) is 0 Å². The summed E-state index contributed by atoms with van der Waals surface area (Å²) in [7, 11) is 0. The minimum absolute atomic E-state index is 0.221. The Bertz CT molecular complexity index is 296. The van der Waals surface area contributed by atoms with Gasteiger partial charge in [-0.2, -0.15) is 22.0 Å². The van der Waals surface area contributed by atoms with E-state index in [0.29, 0.717) is 12.8 Å². The Labute approximate surface area is 102 Å². The zero-order valence-corrected chi connectivity index (χ0v) is 9.95. The molecule has 0 atom stereocenters. The number of carbonyl (C=O) groups excluding carboxylic acids is 1. The third-order valence-corrected chi connectivity index (χ3v) is 2.10. The number of hydrogen-bond acceptors (Lipinski definition) is 2. The van der Waals surface area contributed by atoms with Crippen LogP contribution in [0.2, 0.25) is 0 Å². The minimum Gasteiger partial charge on any atom is -0.460 e. The first-order valence-electron chi connectivity index (χ1n) is 5.60. The Morgan fingerprint density at radius 2 is 1.61 bits per heavy atom. The zero-order chi connectivity index (χ0) is 14.2. The van der Waals surface area contributed by atoms with Gasteiger partial charge in [-0.3, -0.25) is 0 Å². The van der Waals surface area contributed by atoms with Gasteiger partial charge in [-0.1, -0.05) is 32.6 Å². The summed E-state index contributed by atoms with van der Waals surface area (Å²) >= 11 is 0. The van der Waals surface area contributed by atoms with Crippen LogP contribution in [0.5, 0.6) is 0 Å². The van der Waals surface area contributed by atoms with Crippen LogP contribution < -0.4 is 0 Å². The molecule has 0 heterocycles. The van der Waals surface area contributed by atoms with Crippen LogP contribution in [0.1, 0.15) is 39.0 Å². The van der Waals surface area contributed by atoms with E-state index in [4.69, 9.17) is 0 Å². The Hall–Kier alpha value is -1.14. The molecule has 18 heavy (non-hydrogen) atoms. The molecule has 0 fully saturated rings. The van der Waals surface area contributed by atoms with Gasteiger partial charge in [0.25, 0.3) is 0 Å². The standard InChI is InChI=1S/C11H15F5O2/c1-2-3-4-5-6-7-18-10(17)8(12)9(13)11(14,15)16/h2-7H2,1H3. The molecule has 0 aliphatic heterocycles. The van der Waals surface area contributed by atoms with Crippen molar-refractivity contribution in [1.82, 2.24) is 0 Å². The average Bonchev–Trinajstić information content (AvgIpc) is 2.30. The third kappa shape index (κ3) is 6.56. The quantitative estimate of drug-likeness (QED) is 0.301. The van der Waals surface area contributed by atoms with Gasteiger partial charge >= 0.3 is 12.1 Å². The first-order valence-corrected chi connectivity index (χ1v) is 5.60. The van der Waals surface area contributed by atoms with E-state index >= 15 is 0 Å². The predicted octanol–water partition coefficient (Wildman–Crippen LogP) is 4.21. The third-order valence-electron chi connectivity index (χ3n) is 2.10. The molecule has 0 unspecified atom stereocenters. The van der Waals surface area contributed by atoms with Crippen molar-refractivity contribution < 1.29 is 31.5 Å². The van der Waals surface area contributed by atoms with Gasteiger partial charge in [0, 0.05) is 0 Å². The molecule has 0 saturated heterocycles. The van der Waals surface area contributed by atoms with Gasteiger partial charge in [0.05, 0.1) is 6.61 Å². The van der Waals surface area contributed by atoms with E-state index in [0.717, 1.165) is 19.3 Å². The van der Waals surface area contributed by atoms with E-state index in [1.165, 1.54) is 0 Å². The molecule has 0 aromatic rings. The van der Waals surface area contributed by atoms with Gasteiger partial charge in [0.1, 0.15) is 0 Å². The Morgan fingerprint density at radius 1 is 1.06 bits per heavy atom. The van der Waals surface area contributed by atoms with E-state index < -0.39 is 23.8 Å². The van der Waals surface area contributed by atoms with E-state index in [9.17, 15) is 26.7 Å². The summed E-state index contributed by atoms with van der Waals surface area (Å²) in [6.45, 7) is 1.78. The maximum absolute atomic E-state index is 12.6. The van der Waals surface area contributed by atoms with E-state index in [1.54, 1.807) is 0 Å². The van der Waals surface area contributed by atoms with Crippen LogP contribution in [0.25, 0.3) is 0 Å². The number of esters is 1. The summed E-state index contributed by atoms with van der Waals surface area (Å²) < 4.78 is 64.2. The second-order valence-electron chi connectivity index (χ2n) is 3.68. The van der Waals surface area contributed by atoms with E-state index in [2.05, 4.69) is 4.74 Å². The van der Waals surface area contributed by atoms with Crippen molar-refractivity contribution in [3.8, 4) is 0 Å². The first kappa shape index (κ1) is 16.9. The van der Waals surface area contributed by atoms with Gasteiger partial charge in [-0.05, 0) is 6.42 Å². The Morgan fingerprint density at radius 3 is 2.11 bits per heavy atom. The molecular formula is C11H15F5O2. The van der Waals surface area contributed by atoms with Crippen LogP contribution in [0.3, 0.4) is 0 Å². The second-order valence-corrected chi connectivity index (χ2v) is 3.68. The van der Waals surface area contributed by atoms with Crippen LogP contribution in [0.4, 0.5) is 22.0 Å². The number of alkyl halides is 3. The summed E-state index contributed by atoms with van der Waals surface area (Å²) in [6.07, 6.45) is -1.49. The van der Waals surface area contributed by atoms with Crippen molar-refractivity contribution in [3.05, 3.63) is 11.7 Å². The summed E-state index contributed by atoms with van der Waals surface area (Å²) in [6, 6.07) is 0. The Kier molecular flexibility index (Phi) is 7.54. The number of halogens is 5. The molecule has 0 saturated carbocycles. The fourth-order valence-corrected chi connectivity index (χ4v) is 1.15. The monoisotopic (exact) mass is 274 g/mol. The molecule has 7 heteroatoms. The van der Waals surface area contributed by atoms with Gasteiger partial charge < -0.3 is 4.74 Å². The highest BCUT2D eigenvalue weighted by molar-refractivity contribution is 5.86. The predicted molar refractivity (Wildman–Crippen MR) is 55.0 cm³/mol. The summed E-state index contributed by atoms with van der Waals surface area (Å²) in [4.78, 5) is 10.7. The number of hydrogen-bond donors (Lipinski definition) is 0. The van der Waals surface area contributed by atoms with Gasteiger partial charge in [-0.25, -0.2) is 4.79 Å². The molecule has 106 valence electrons. The van der Waals surface area contributed by atoms with Crippen molar-refractivity contribution in [2.75, 3.05) is 6.61 Å². The normalized spacial score (nSPS) is 13.2. The highest BCUT2D eigenvalue weighted by Crippen LogP contribution is 2.30. The summed E-state index contributed by atoms with van der Waals surface area (Å²) in [5.74, 6) is -7.50. The van der Waals surface area contributed by atoms with Crippen LogP contribution >= 0.6 is 0 Å². The lowest BCUT2D eigenvalue weighted by atomic mass is 10.2. The Balaban J connectivity index is 4.03. The number of carbonyl (C=O) groups is 1. The van der Waals surface area contributed by atoms with Gasteiger partial charge in [0.15, 0.2) is 0 Å². The molecule has 0 aliphatic rings. The number of rotatable bonds is 7. The lowest BCUT2D eigenvalue weighted by Crippen LogP contribution is -2.15. The smallest absolute Gasteiger partial charge is 0.446 e. The lowest BCUT2D eigenvalue weighted by molar-refractivity contribution is -0.144. The van der Waals surface area contributed by atoms with Gasteiger partial charge in [-0.15, -0.1) is 0 Å². The topological polar surface area (TPSA) is 26.3 Å². The largest absolute Gasteiger partial charge is 0.460 e. The van der Waals surface area contributed by atoms with E-state index in [-0.39, 0.29) is 6.61 Å². The lowest BCUT2D eigenvalue weighted by Gasteiger charge is -2.06. The van der Waals surface area contributed by atoms with Crippen molar-refractivity contribution >= 4 is 5.97 Å². The molecule has 0 spiro atoms. The number of ether oxygens (including phenoxy) is 1. The minimum atomic E-state index is -5.51. The number of allylic oxidation sites excluding steroid dienone is 1. The van der Waals surface area contributed by atoms with Crippen LogP contribution in [-0.4, -0.2) is 18.8 Å². The maximum atomic E-state index is 12.6. The van der Waals surface area contributed by atoms with Crippen LogP contribution in [-0.2, 0) is 9.53 Å². The first-order chi connectivity index (χ1) is 8.30.